The van der Waals surface area contributed by atoms with Gasteiger partial charge in [0.15, 0.2) is 5.78 Å². The summed E-state index contributed by atoms with van der Waals surface area (Å²) in [5, 5.41) is 11.4. The summed E-state index contributed by atoms with van der Waals surface area (Å²) < 4.78 is 5.24. The number of methoxy groups -OCH3 is 1. The average Bonchev–Trinajstić information content (AvgIpc) is 2.47. The summed E-state index contributed by atoms with van der Waals surface area (Å²) in [6, 6.07) is 5.21. The second kappa shape index (κ2) is 4.60. The molecule has 0 bridgehead atoms. The van der Waals surface area contributed by atoms with Crippen molar-refractivity contribution in [3.8, 4) is 11.5 Å². The van der Waals surface area contributed by atoms with E-state index >= 15 is 0 Å². The molecule has 1 N–H and O–H groups in total. The molecule has 0 saturated carbocycles. The van der Waals surface area contributed by atoms with Gasteiger partial charge in [-0.1, -0.05) is 23.7 Å². The Hall–Kier alpha value is -2.33. The Kier molecular flexibility index (Phi) is 2.99. The molecule has 2 aromatic rings. The van der Waals surface area contributed by atoms with E-state index in [9.17, 15) is 14.7 Å². The lowest BCUT2D eigenvalue weighted by Gasteiger charge is -2.19. The number of aryl methyl sites for hydroxylation is 1. The van der Waals surface area contributed by atoms with Gasteiger partial charge in [0, 0.05) is 11.6 Å². The summed E-state index contributed by atoms with van der Waals surface area (Å²) in [5.41, 5.74) is 0.764. The minimum atomic E-state index is -0.556. The maximum Gasteiger partial charge on any atom is 0.209 e. The second-order valence-electron chi connectivity index (χ2n) is 4.79. The number of halogens is 1. The molecule has 0 saturated heterocycles. The maximum atomic E-state index is 12.2. The predicted molar refractivity (Wildman–Crippen MR) is 79.5 cm³/mol. The number of carbonyl (C=O) groups excluding carboxylic acids is 2. The Bertz CT molecular complexity index is 849. The number of carbonyl (C=O) groups is 2. The fraction of sp³-hybridized carbons (Fsp3) is 0.125. The van der Waals surface area contributed by atoms with Crippen LogP contribution in [0.3, 0.4) is 0 Å². The van der Waals surface area contributed by atoms with Gasteiger partial charge < -0.3 is 9.84 Å². The van der Waals surface area contributed by atoms with E-state index in [2.05, 4.69) is 0 Å². The molecule has 0 aliphatic heterocycles. The van der Waals surface area contributed by atoms with Crippen LogP contribution in [0, 0.1) is 6.92 Å². The SMILES string of the molecule is COc1cccc2c(C)c3c(c(O)c12)C(=O)C(Cl)=CC3=O. The highest BCUT2D eigenvalue weighted by Crippen LogP contribution is 2.43. The number of allylic oxidation sites excluding steroid dienone is 2. The molecule has 0 heterocycles. The maximum absolute atomic E-state index is 12.2. The molecule has 106 valence electrons. The first-order valence-electron chi connectivity index (χ1n) is 6.25. The molecule has 3 rings (SSSR count). The largest absolute Gasteiger partial charge is 0.506 e. The standard InChI is InChI=1S/C16H11ClO4/c1-7-8-4-3-5-11(21-2)13(8)16(20)14-12(7)10(18)6-9(17)15(14)19/h3-6,20H,1-2H3. The number of benzene rings is 2. The van der Waals surface area contributed by atoms with Crippen molar-refractivity contribution < 1.29 is 19.4 Å². The number of aromatic hydroxyl groups is 1. The number of rotatable bonds is 1. The number of ketones is 2. The van der Waals surface area contributed by atoms with Crippen LogP contribution in [-0.2, 0) is 0 Å². The van der Waals surface area contributed by atoms with Crippen molar-refractivity contribution in [3.63, 3.8) is 0 Å². The van der Waals surface area contributed by atoms with E-state index in [-0.39, 0.29) is 27.7 Å². The Morgan fingerprint density at radius 3 is 2.57 bits per heavy atom. The van der Waals surface area contributed by atoms with Crippen LogP contribution in [0.1, 0.15) is 26.3 Å². The molecule has 21 heavy (non-hydrogen) atoms. The molecule has 4 nitrogen and oxygen atoms in total. The summed E-state index contributed by atoms with van der Waals surface area (Å²) in [7, 11) is 1.48. The van der Waals surface area contributed by atoms with Gasteiger partial charge in [-0.2, -0.15) is 0 Å². The van der Waals surface area contributed by atoms with Gasteiger partial charge >= 0.3 is 0 Å². The Morgan fingerprint density at radius 1 is 1.19 bits per heavy atom. The third-order valence-electron chi connectivity index (χ3n) is 3.70. The van der Waals surface area contributed by atoms with E-state index in [0.29, 0.717) is 22.1 Å². The van der Waals surface area contributed by atoms with Crippen molar-refractivity contribution in [3.05, 3.63) is 46.0 Å². The first-order chi connectivity index (χ1) is 9.97. The zero-order valence-corrected chi connectivity index (χ0v) is 12.1. The van der Waals surface area contributed by atoms with Crippen LogP contribution in [0.2, 0.25) is 0 Å². The summed E-state index contributed by atoms with van der Waals surface area (Å²) in [5.74, 6) is -0.777. The van der Waals surface area contributed by atoms with E-state index in [4.69, 9.17) is 16.3 Å². The van der Waals surface area contributed by atoms with Gasteiger partial charge in [0.2, 0.25) is 5.78 Å². The quantitative estimate of drug-likeness (QED) is 0.877. The van der Waals surface area contributed by atoms with Crippen LogP contribution in [0.4, 0.5) is 0 Å². The summed E-state index contributed by atoms with van der Waals surface area (Å²) in [4.78, 5) is 24.4. The van der Waals surface area contributed by atoms with Crippen LogP contribution >= 0.6 is 11.6 Å². The highest BCUT2D eigenvalue weighted by Gasteiger charge is 2.32. The first kappa shape index (κ1) is 13.6. The molecule has 0 unspecified atom stereocenters. The third kappa shape index (κ3) is 1.76. The summed E-state index contributed by atoms with van der Waals surface area (Å²) in [6.07, 6.45) is 1.09. The van der Waals surface area contributed by atoms with E-state index in [1.165, 1.54) is 7.11 Å². The molecule has 0 aromatic heterocycles. The molecule has 5 heteroatoms. The summed E-state index contributed by atoms with van der Waals surface area (Å²) >= 11 is 5.79. The smallest absolute Gasteiger partial charge is 0.209 e. The van der Waals surface area contributed by atoms with Crippen LogP contribution in [0.15, 0.2) is 29.3 Å². The molecule has 0 atom stereocenters. The summed E-state index contributed by atoms with van der Waals surface area (Å²) in [6.45, 7) is 1.73. The number of ether oxygens (including phenoxy) is 1. The van der Waals surface area contributed by atoms with E-state index in [1.54, 1.807) is 25.1 Å². The molecule has 1 aliphatic carbocycles. The van der Waals surface area contributed by atoms with Crippen molar-refractivity contribution in [1.82, 2.24) is 0 Å². The number of phenolic OH excluding ortho intramolecular Hbond substituents is 1. The Labute approximate surface area is 125 Å². The molecule has 0 fully saturated rings. The Morgan fingerprint density at radius 2 is 1.90 bits per heavy atom. The van der Waals surface area contributed by atoms with Gasteiger partial charge in [-0.3, -0.25) is 9.59 Å². The number of phenols is 1. The van der Waals surface area contributed by atoms with Crippen LogP contribution < -0.4 is 4.74 Å². The van der Waals surface area contributed by atoms with Crippen LogP contribution in [0.25, 0.3) is 10.8 Å². The number of hydrogen-bond donors (Lipinski definition) is 1. The highest BCUT2D eigenvalue weighted by atomic mass is 35.5. The van der Waals surface area contributed by atoms with Gasteiger partial charge in [-0.15, -0.1) is 0 Å². The average molecular weight is 303 g/mol. The van der Waals surface area contributed by atoms with Crippen molar-refractivity contribution in [1.29, 1.82) is 0 Å². The van der Waals surface area contributed by atoms with E-state index < -0.39 is 5.78 Å². The number of fused-ring (bicyclic) bond motifs is 2. The van der Waals surface area contributed by atoms with Gasteiger partial charge in [-0.05, 0) is 23.9 Å². The first-order valence-corrected chi connectivity index (χ1v) is 6.63. The van der Waals surface area contributed by atoms with Crippen molar-refractivity contribution in [2.75, 3.05) is 7.11 Å². The van der Waals surface area contributed by atoms with E-state index in [1.807, 2.05) is 0 Å². The van der Waals surface area contributed by atoms with Gasteiger partial charge in [0.25, 0.3) is 0 Å². The molecule has 2 aromatic carbocycles. The monoisotopic (exact) mass is 302 g/mol. The number of Topliss-reactive ketones (excluding diaryl/α,β-unsaturated/α-hetero) is 1. The molecule has 0 amide bonds. The molecule has 1 aliphatic rings. The normalized spacial score (nSPS) is 14.1. The zero-order valence-electron chi connectivity index (χ0n) is 11.4. The van der Waals surface area contributed by atoms with Gasteiger partial charge in [-0.25, -0.2) is 0 Å². The minimum Gasteiger partial charge on any atom is -0.506 e. The minimum absolute atomic E-state index is 0.0537. The second-order valence-corrected chi connectivity index (χ2v) is 5.20. The third-order valence-corrected chi connectivity index (χ3v) is 3.98. The van der Waals surface area contributed by atoms with Gasteiger partial charge in [0.05, 0.1) is 23.1 Å². The molecular formula is C16H11ClO4. The van der Waals surface area contributed by atoms with Crippen molar-refractivity contribution in [2.24, 2.45) is 0 Å². The van der Waals surface area contributed by atoms with E-state index in [0.717, 1.165) is 6.08 Å². The van der Waals surface area contributed by atoms with Crippen molar-refractivity contribution in [2.45, 2.75) is 6.92 Å². The van der Waals surface area contributed by atoms with Crippen LogP contribution in [0.5, 0.6) is 11.5 Å². The number of hydrogen-bond acceptors (Lipinski definition) is 4. The molecular weight excluding hydrogens is 292 g/mol. The molecule has 0 radical (unpaired) electrons. The van der Waals surface area contributed by atoms with Crippen LogP contribution in [-0.4, -0.2) is 23.8 Å². The predicted octanol–water partition coefficient (Wildman–Crippen LogP) is 3.36. The molecule has 0 spiro atoms. The lowest BCUT2D eigenvalue weighted by Crippen LogP contribution is -2.17. The fourth-order valence-electron chi connectivity index (χ4n) is 2.72. The topological polar surface area (TPSA) is 63.6 Å². The fourth-order valence-corrected chi connectivity index (χ4v) is 2.92. The van der Waals surface area contributed by atoms with Gasteiger partial charge in [0.1, 0.15) is 11.5 Å². The lowest BCUT2D eigenvalue weighted by molar-refractivity contribution is 0.0988. The Balaban J connectivity index is 2.55. The highest BCUT2D eigenvalue weighted by molar-refractivity contribution is 6.49. The zero-order chi connectivity index (χ0) is 15.3. The van der Waals surface area contributed by atoms with Crippen molar-refractivity contribution >= 4 is 33.9 Å². The lowest BCUT2D eigenvalue weighted by atomic mass is 9.86.